The van der Waals surface area contributed by atoms with Crippen LogP contribution in [-0.2, 0) is 0 Å². The molecule has 10 heavy (non-hydrogen) atoms. The number of aliphatic hydroxyl groups excluding tert-OH is 2. The third-order valence-corrected chi connectivity index (χ3v) is 2.16. The second-order valence-electron chi connectivity index (χ2n) is 3.06. The molecule has 2 atom stereocenters. The highest BCUT2D eigenvalue weighted by Gasteiger charge is 2.24. The summed E-state index contributed by atoms with van der Waals surface area (Å²) in [6.07, 6.45) is 0.581. The molecule has 0 saturated carbocycles. The van der Waals surface area contributed by atoms with E-state index in [1.165, 1.54) is 0 Å². The topological polar surface area (TPSA) is 43.7 Å². The highest BCUT2D eigenvalue weighted by molar-refractivity contribution is 4.77. The van der Waals surface area contributed by atoms with Gasteiger partial charge in [0.05, 0.1) is 6.10 Å². The van der Waals surface area contributed by atoms with Crippen molar-refractivity contribution in [2.45, 2.75) is 12.5 Å². The number of hydrogen-bond acceptors (Lipinski definition) is 3. The van der Waals surface area contributed by atoms with Gasteiger partial charge in [0.25, 0.3) is 0 Å². The first-order valence-corrected chi connectivity index (χ1v) is 3.71. The Kier molecular flexibility index (Phi) is 2.65. The normalized spacial score (nSPS) is 36.3. The lowest BCUT2D eigenvalue weighted by atomic mass is 9.95. The van der Waals surface area contributed by atoms with Gasteiger partial charge in [0.15, 0.2) is 0 Å². The molecular weight excluding hydrogens is 130 g/mol. The van der Waals surface area contributed by atoms with Crippen molar-refractivity contribution in [1.82, 2.24) is 4.90 Å². The van der Waals surface area contributed by atoms with Gasteiger partial charge in [-0.2, -0.15) is 0 Å². The van der Waals surface area contributed by atoms with Crippen LogP contribution >= 0.6 is 0 Å². The largest absolute Gasteiger partial charge is 0.396 e. The average molecular weight is 145 g/mol. The molecule has 3 heteroatoms. The minimum absolute atomic E-state index is 0.108. The van der Waals surface area contributed by atoms with Crippen LogP contribution in [0.3, 0.4) is 0 Å². The SMILES string of the molecule is CN1CC[C@@H](CO)[C@@H](O)C1. The van der Waals surface area contributed by atoms with Gasteiger partial charge in [0.1, 0.15) is 0 Å². The Morgan fingerprint density at radius 2 is 2.30 bits per heavy atom. The number of rotatable bonds is 1. The number of hydrogen-bond donors (Lipinski definition) is 2. The van der Waals surface area contributed by atoms with Gasteiger partial charge in [-0.15, -0.1) is 0 Å². The molecule has 1 heterocycles. The van der Waals surface area contributed by atoms with Crippen LogP contribution < -0.4 is 0 Å². The summed E-state index contributed by atoms with van der Waals surface area (Å²) in [5.74, 6) is 0.108. The smallest absolute Gasteiger partial charge is 0.0717 e. The number of aliphatic hydroxyl groups is 2. The first kappa shape index (κ1) is 7.98. The molecule has 0 aliphatic carbocycles. The van der Waals surface area contributed by atoms with E-state index in [-0.39, 0.29) is 18.6 Å². The summed E-state index contributed by atoms with van der Waals surface area (Å²) in [5, 5.41) is 18.1. The predicted octanol–water partition coefficient (Wildman–Crippen LogP) is -0.709. The molecule has 3 nitrogen and oxygen atoms in total. The van der Waals surface area contributed by atoms with E-state index in [0.29, 0.717) is 6.54 Å². The number of likely N-dealkylation sites (N-methyl/N-ethyl adjacent to an activating group) is 1. The Labute approximate surface area is 61.3 Å². The molecule has 1 saturated heterocycles. The van der Waals surface area contributed by atoms with Crippen molar-refractivity contribution in [2.24, 2.45) is 5.92 Å². The lowest BCUT2D eigenvalue weighted by Crippen LogP contribution is -2.42. The van der Waals surface area contributed by atoms with Crippen molar-refractivity contribution in [3.05, 3.63) is 0 Å². The van der Waals surface area contributed by atoms with Crippen LogP contribution in [0, 0.1) is 5.92 Å². The van der Waals surface area contributed by atoms with Crippen LogP contribution in [0.5, 0.6) is 0 Å². The Morgan fingerprint density at radius 1 is 1.60 bits per heavy atom. The zero-order valence-electron chi connectivity index (χ0n) is 6.32. The molecule has 0 amide bonds. The third kappa shape index (κ3) is 1.68. The van der Waals surface area contributed by atoms with Crippen molar-refractivity contribution in [3.8, 4) is 0 Å². The summed E-state index contributed by atoms with van der Waals surface area (Å²) in [6, 6.07) is 0. The van der Waals surface area contributed by atoms with Gasteiger partial charge < -0.3 is 15.1 Å². The lowest BCUT2D eigenvalue weighted by molar-refractivity contribution is 0.00664. The molecule has 0 aromatic carbocycles. The highest BCUT2D eigenvalue weighted by Crippen LogP contribution is 2.15. The van der Waals surface area contributed by atoms with Crippen LogP contribution in [0.1, 0.15) is 6.42 Å². The number of β-amino-alcohol motifs (C(OH)–C–C–N with tert-alkyl or cyclic N) is 1. The van der Waals surface area contributed by atoms with Crippen LogP contribution in [0.25, 0.3) is 0 Å². The van der Waals surface area contributed by atoms with E-state index in [2.05, 4.69) is 4.90 Å². The fourth-order valence-electron chi connectivity index (χ4n) is 1.35. The van der Waals surface area contributed by atoms with Gasteiger partial charge >= 0.3 is 0 Å². The summed E-state index contributed by atoms with van der Waals surface area (Å²) in [6.45, 7) is 1.81. The molecule has 0 unspecified atom stereocenters. The second kappa shape index (κ2) is 3.32. The zero-order chi connectivity index (χ0) is 7.56. The van der Waals surface area contributed by atoms with Gasteiger partial charge in [-0.25, -0.2) is 0 Å². The fraction of sp³-hybridized carbons (Fsp3) is 1.00. The maximum absolute atomic E-state index is 9.34. The molecule has 1 rings (SSSR count). The molecule has 60 valence electrons. The fourth-order valence-corrected chi connectivity index (χ4v) is 1.35. The van der Waals surface area contributed by atoms with Crippen molar-refractivity contribution in [3.63, 3.8) is 0 Å². The van der Waals surface area contributed by atoms with E-state index in [1.54, 1.807) is 0 Å². The van der Waals surface area contributed by atoms with Gasteiger partial charge in [-0.1, -0.05) is 0 Å². The Bertz CT molecular complexity index is 108. The standard InChI is InChI=1S/C7H15NO2/c1-8-3-2-6(5-9)7(10)4-8/h6-7,9-10H,2-5H2,1H3/t6-,7-/m0/s1. The van der Waals surface area contributed by atoms with Crippen LogP contribution in [0.2, 0.25) is 0 Å². The molecular formula is C7H15NO2. The summed E-state index contributed by atoms with van der Waals surface area (Å²) in [7, 11) is 1.98. The van der Waals surface area contributed by atoms with Crippen molar-refractivity contribution < 1.29 is 10.2 Å². The summed E-state index contributed by atoms with van der Waals surface area (Å²) >= 11 is 0. The minimum Gasteiger partial charge on any atom is -0.396 e. The van der Waals surface area contributed by atoms with Crippen molar-refractivity contribution in [1.29, 1.82) is 0 Å². The van der Waals surface area contributed by atoms with Crippen LogP contribution in [0.4, 0.5) is 0 Å². The monoisotopic (exact) mass is 145 g/mol. The molecule has 1 fully saturated rings. The van der Waals surface area contributed by atoms with E-state index in [9.17, 15) is 5.11 Å². The molecule has 1 aliphatic rings. The van der Waals surface area contributed by atoms with Gasteiger partial charge in [0.2, 0.25) is 0 Å². The lowest BCUT2D eigenvalue weighted by Gasteiger charge is -2.32. The molecule has 0 radical (unpaired) electrons. The average Bonchev–Trinajstić information content (AvgIpc) is 1.88. The Hall–Kier alpha value is -0.120. The zero-order valence-corrected chi connectivity index (χ0v) is 6.32. The van der Waals surface area contributed by atoms with Gasteiger partial charge in [-0.05, 0) is 20.0 Å². The summed E-state index contributed by atoms with van der Waals surface area (Å²) in [5.41, 5.74) is 0. The molecule has 0 spiro atoms. The quantitative estimate of drug-likeness (QED) is 0.512. The number of piperidine rings is 1. The maximum atomic E-state index is 9.34. The molecule has 2 N–H and O–H groups in total. The predicted molar refractivity (Wildman–Crippen MR) is 38.7 cm³/mol. The van der Waals surface area contributed by atoms with Crippen LogP contribution in [0.15, 0.2) is 0 Å². The van der Waals surface area contributed by atoms with E-state index >= 15 is 0 Å². The van der Waals surface area contributed by atoms with E-state index in [0.717, 1.165) is 13.0 Å². The Morgan fingerprint density at radius 3 is 2.80 bits per heavy atom. The van der Waals surface area contributed by atoms with Gasteiger partial charge in [-0.3, -0.25) is 0 Å². The number of likely N-dealkylation sites (tertiary alicyclic amines) is 1. The molecule has 1 aliphatic heterocycles. The number of nitrogens with zero attached hydrogens (tertiary/aromatic N) is 1. The second-order valence-corrected chi connectivity index (χ2v) is 3.06. The first-order valence-electron chi connectivity index (χ1n) is 3.71. The Balaban J connectivity index is 2.36. The summed E-state index contributed by atoms with van der Waals surface area (Å²) in [4.78, 5) is 2.08. The first-order chi connectivity index (χ1) is 4.74. The van der Waals surface area contributed by atoms with Gasteiger partial charge in [0, 0.05) is 19.1 Å². The third-order valence-electron chi connectivity index (χ3n) is 2.16. The van der Waals surface area contributed by atoms with Crippen molar-refractivity contribution >= 4 is 0 Å². The maximum Gasteiger partial charge on any atom is 0.0717 e. The highest BCUT2D eigenvalue weighted by atomic mass is 16.3. The summed E-state index contributed by atoms with van der Waals surface area (Å²) < 4.78 is 0. The van der Waals surface area contributed by atoms with E-state index in [1.807, 2.05) is 7.05 Å². The van der Waals surface area contributed by atoms with Crippen LogP contribution in [-0.4, -0.2) is 48.0 Å². The molecule has 0 aromatic rings. The van der Waals surface area contributed by atoms with E-state index < -0.39 is 0 Å². The minimum atomic E-state index is -0.330. The molecule has 0 bridgehead atoms. The molecule has 0 aromatic heterocycles. The van der Waals surface area contributed by atoms with E-state index in [4.69, 9.17) is 5.11 Å². The van der Waals surface area contributed by atoms with Crippen molar-refractivity contribution in [2.75, 3.05) is 26.7 Å².